The lowest BCUT2D eigenvalue weighted by Crippen LogP contribution is -2.32. The van der Waals surface area contributed by atoms with Gasteiger partial charge in [-0.15, -0.1) is 0 Å². The summed E-state index contributed by atoms with van der Waals surface area (Å²) in [5, 5.41) is 14.2. The number of hydrogen-bond acceptors (Lipinski definition) is 5. The zero-order valence-electron chi connectivity index (χ0n) is 11.6. The monoisotopic (exact) mass is 364 g/mol. The summed E-state index contributed by atoms with van der Waals surface area (Å²) in [6.45, 7) is 0. The lowest BCUT2D eigenvalue weighted by atomic mass is 10.0. The first-order valence-electron chi connectivity index (χ1n) is 6.57. The van der Waals surface area contributed by atoms with Crippen molar-refractivity contribution in [2.75, 3.05) is 0 Å². The zero-order chi connectivity index (χ0) is 15.9. The number of hydrogen-bond donors (Lipinski definition) is 3. The van der Waals surface area contributed by atoms with E-state index in [1.807, 2.05) is 24.3 Å². The predicted octanol–water partition coefficient (Wildman–Crippen LogP) is 0.980. The highest BCUT2D eigenvalue weighted by Crippen LogP contribution is 2.26. The van der Waals surface area contributed by atoms with Crippen LogP contribution in [-0.4, -0.2) is 20.4 Å². The Morgan fingerprint density at radius 2 is 2.00 bits per heavy atom. The Bertz CT molecular complexity index is 867. The number of H-pyrrole nitrogens is 1. The van der Waals surface area contributed by atoms with Crippen LogP contribution in [0.25, 0.3) is 0 Å². The van der Waals surface area contributed by atoms with Crippen LogP contribution in [0.15, 0.2) is 43.4 Å². The second-order valence-electron chi connectivity index (χ2n) is 5.01. The van der Waals surface area contributed by atoms with E-state index in [2.05, 4.69) is 31.4 Å². The Hall–Kier alpha value is -2.35. The van der Waals surface area contributed by atoms with E-state index in [1.165, 1.54) is 7.05 Å². The summed E-state index contributed by atoms with van der Waals surface area (Å²) in [6, 6.07) is 7.66. The molecule has 0 spiro atoms. The van der Waals surface area contributed by atoms with Gasteiger partial charge in [0.2, 0.25) is 5.88 Å². The molecular formula is C14H13BrN4O3. The van der Waals surface area contributed by atoms with Crippen molar-refractivity contribution in [3.05, 3.63) is 60.7 Å². The van der Waals surface area contributed by atoms with Gasteiger partial charge < -0.3 is 10.5 Å². The molecule has 7 nitrogen and oxygen atoms in total. The molecule has 0 bridgehead atoms. The Kier molecular flexibility index (Phi) is 3.61. The Morgan fingerprint density at radius 1 is 1.32 bits per heavy atom. The van der Waals surface area contributed by atoms with Crippen molar-refractivity contribution < 1.29 is 5.11 Å². The summed E-state index contributed by atoms with van der Waals surface area (Å²) in [6.07, 6.45) is 0.441. The zero-order valence-corrected chi connectivity index (χ0v) is 13.2. The molecule has 1 aliphatic rings. The van der Waals surface area contributed by atoms with E-state index >= 15 is 0 Å². The smallest absolute Gasteiger partial charge is 0.330 e. The topological polar surface area (TPSA) is 99.5 Å². The third kappa shape index (κ3) is 2.45. The molecule has 114 valence electrons. The molecule has 0 amide bonds. The average Bonchev–Trinajstić information content (AvgIpc) is 2.95. The average molecular weight is 365 g/mol. The normalized spacial score (nSPS) is 17.2. The summed E-state index contributed by atoms with van der Waals surface area (Å²) < 4.78 is 1.95. The van der Waals surface area contributed by atoms with E-state index in [0.717, 1.165) is 14.6 Å². The van der Waals surface area contributed by atoms with E-state index in [0.29, 0.717) is 12.1 Å². The van der Waals surface area contributed by atoms with Crippen LogP contribution in [0.1, 0.15) is 23.6 Å². The van der Waals surface area contributed by atoms with Gasteiger partial charge in [0.05, 0.1) is 11.8 Å². The number of nitrogens with one attached hydrogen (secondary N) is 2. The highest BCUT2D eigenvalue weighted by molar-refractivity contribution is 9.10. The SMILES string of the molecule is Cn1c(O)c(C2=NNC(c3ccc(Br)cc3)C2)c(=O)[nH]c1=O. The molecule has 2 aromatic rings. The first kappa shape index (κ1) is 14.6. The number of aromatic hydroxyl groups is 1. The van der Waals surface area contributed by atoms with Crippen LogP contribution in [0.5, 0.6) is 5.88 Å². The number of nitrogens with zero attached hydrogens (tertiary/aromatic N) is 2. The van der Waals surface area contributed by atoms with Gasteiger partial charge in [0.25, 0.3) is 5.56 Å². The molecule has 0 fully saturated rings. The van der Waals surface area contributed by atoms with Crippen molar-refractivity contribution in [3.8, 4) is 5.88 Å². The van der Waals surface area contributed by atoms with Crippen molar-refractivity contribution in [3.63, 3.8) is 0 Å². The van der Waals surface area contributed by atoms with Crippen LogP contribution < -0.4 is 16.7 Å². The maximum Gasteiger partial charge on any atom is 0.330 e. The van der Waals surface area contributed by atoms with Crippen LogP contribution in [0, 0.1) is 0 Å². The number of rotatable bonds is 2. The minimum absolute atomic E-state index is 0.0224. The molecule has 3 rings (SSSR count). The van der Waals surface area contributed by atoms with Gasteiger partial charge in [-0.3, -0.25) is 14.3 Å². The summed E-state index contributed by atoms with van der Waals surface area (Å²) in [5.41, 5.74) is 3.10. The maximum absolute atomic E-state index is 11.9. The quantitative estimate of drug-likeness (QED) is 0.739. The van der Waals surface area contributed by atoms with E-state index in [4.69, 9.17) is 0 Å². The highest BCUT2D eigenvalue weighted by Gasteiger charge is 2.26. The van der Waals surface area contributed by atoms with E-state index in [9.17, 15) is 14.7 Å². The van der Waals surface area contributed by atoms with Gasteiger partial charge in [-0.2, -0.15) is 5.10 Å². The van der Waals surface area contributed by atoms with E-state index in [-0.39, 0.29) is 17.5 Å². The molecule has 0 saturated carbocycles. The predicted molar refractivity (Wildman–Crippen MR) is 85.1 cm³/mol. The second kappa shape index (κ2) is 5.45. The fourth-order valence-electron chi connectivity index (χ4n) is 2.35. The third-order valence-corrected chi connectivity index (χ3v) is 4.14. The molecule has 1 aromatic heterocycles. The van der Waals surface area contributed by atoms with Gasteiger partial charge >= 0.3 is 5.69 Å². The molecule has 8 heteroatoms. The standard InChI is InChI=1S/C14H13BrN4O3/c1-19-13(21)11(12(20)16-14(19)22)10-6-9(17-18-10)7-2-4-8(15)5-3-7/h2-5,9,17,21H,6H2,1H3,(H,16,20,22). The molecule has 1 unspecified atom stereocenters. The van der Waals surface area contributed by atoms with Crippen LogP contribution in [-0.2, 0) is 7.05 Å². The lowest BCUT2D eigenvalue weighted by molar-refractivity contribution is 0.416. The molecule has 0 saturated heterocycles. The first-order valence-corrected chi connectivity index (χ1v) is 7.37. The summed E-state index contributed by atoms with van der Waals surface area (Å²) in [4.78, 5) is 25.5. The Morgan fingerprint density at radius 3 is 2.68 bits per heavy atom. The number of aromatic nitrogens is 2. The summed E-state index contributed by atoms with van der Waals surface area (Å²) in [5.74, 6) is -0.384. The number of halogens is 1. The molecule has 2 heterocycles. The van der Waals surface area contributed by atoms with Gasteiger partial charge in [0, 0.05) is 17.9 Å². The maximum atomic E-state index is 11.9. The van der Waals surface area contributed by atoms with Crippen molar-refractivity contribution in [1.29, 1.82) is 0 Å². The third-order valence-electron chi connectivity index (χ3n) is 3.61. The number of benzene rings is 1. The largest absolute Gasteiger partial charge is 0.494 e. The molecule has 1 aliphatic heterocycles. The van der Waals surface area contributed by atoms with Crippen LogP contribution >= 0.6 is 15.9 Å². The molecular weight excluding hydrogens is 352 g/mol. The van der Waals surface area contributed by atoms with E-state index in [1.54, 1.807) is 0 Å². The van der Waals surface area contributed by atoms with Crippen LogP contribution in [0.2, 0.25) is 0 Å². The Balaban J connectivity index is 1.93. The minimum atomic E-state index is -0.665. The molecule has 0 radical (unpaired) electrons. The fourth-order valence-corrected chi connectivity index (χ4v) is 2.62. The lowest BCUT2D eigenvalue weighted by Gasteiger charge is -2.10. The van der Waals surface area contributed by atoms with Gasteiger partial charge in [-0.05, 0) is 17.7 Å². The van der Waals surface area contributed by atoms with Gasteiger partial charge in [0.1, 0.15) is 5.56 Å². The number of hydrazone groups is 1. The minimum Gasteiger partial charge on any atom is -0.494 e. The van der Waals surface area contributed by atoms with E-state index < -0.39 is 11.2 Å². The van der Waals surface area contributed by atoms with Crippen molar-refractivity contribution in [1.82, 2.24) is 15.0 Å². The van der Waals surface area contributed by atoms with Gasteiger partial charge in [-0.1, -0.05) is 28.1 Å². The van der Waals surface area contributed by atoms with Gasteiger partial charge in [0.15, 0.2) is 0 Å². The highest BCUT2D eigenvalue weighted by atomic mass is 79.9. The second-order valence-corrected chi connectivity index (χ2v) is 5.93. The molecule has 1 aromatic carbocycles. The van der Waals surface area contributed by atoms with Crippen molar-refractivity contribution >= 4 is 21.6 Å². The fraction of sp³-hybridized carbons (Fsp3) is 0.214. The number of aromatic amines is 1. The summed E-state index contributed by atoms with van der Waals surface area (Å²) in [7, 11) is 1.38. The first-order chi connectivity index (χ1) is 10.5. The summed E-state index contributed by atoms with van der Waals surface area (Å²) >= 11 is 3.38. The van der Waals surface area contributed by atoms with Crippen LogP contribution in [0.4, 0.5) is 0 Å². The molecule has 0 aliphatic carbocycles. The molecule has 1 atom stereocenters. The van der Waals surface area contributed by atoms with Crippen molar-refractivity contribution in [2.24, 2.45) is 12.1 Å². The van der Waals surface area contributed by atoms with Gasteiger partial charge in [-0.25, -0.2) is 4.79 Å². The van der Waals surface area contributed by atoms with Crippen molar-refractivity contribution in [2.45, 2.75) is 12.5 Å². The van der Waals surface area contributed by atoms with Crippen LogP contribution in [0.3, 0.4) is 0 Å². The Labute approximate surface area is 133 Å². The molecule has 3 N–H and O–H groups in total. The molecule has 22 heavy (non-hydrogen) atoms.